The third kappa shape index (κ3) is 5.82. The fourth-order valence-corrected chi connectivity index (χ4v) is 1.90. The van der Waals surface area contributed by atoms with Crippen molar-refractivity contribution in [3.05, 3.63) is 29.8 Å². The van der Waals surface area contributed by atoms with Crippen LogP contribution in [0.3, 0.4) is 0 Å². The highest BCUT2D eigenvalue weighted by Gasteiger charge is 2.03. The Hall–Kier alpha value is -0.510. The van der Waals surface area contributed by atoms with Gasteiger partial charge in [0.05, 0.1) is 12.7 Å². The molecule has 15 heavy (non-hydrogen) atoms. The molecule has 1 aromatic rings. The molecule has 2 nitrogen and oxygen atoms in total. The van der Waals surface area contributed by atoms with Gasteiger partial charge in [-0.1, -0.05) is 32.0 Å². The van der Waals surface area contributed by atoms with Gasteiger partial charge in [0.25, 0.3) is 0 Å². The minimum Gasteiger partial charge on any atom is -0.394 e. The molecule has 1 atom stereocenters. The average Bonchev–Trinajstić information content (AvgIpc) is 2.30. The summed E-state index contributed by atoms with van der Waals surface area (Å²) in [4.78, 5) is 1.16. The average molecular weight is 228 g/mol. The fourth-order valence-electron chi connectivity index (χ4n) is 0.957. The van der Waals surface area contributed by atoms with Crippen LogP contribution in [0.5, 0.6) is 0 Å². The maximum Gasteiger partial charge on any atom is 0.0864 e. The first-order valence-electron chi connectivity index (χ1n) is 5.21. The molecule has 0 heterocycles. The Morgan fingerprint density at radius 1 is 1.27 bits per heavy atom. The molecule has 0 amide bonds. The van der Waals surface area contributed by atoms with E-state index in [2.05, 4.69) is 0 Å². The first kappa shape index (κ1) is 14.5. The van der Waals surface area contributed by atoms with Gasteiger partial charge in [-0.25, -0.2) is 0 Å². The number of rotatable bonds is 4. The fraction of sp³-hybridized carbons (Fsp3) is 0.500. The molecule has 2 N–H and O–H groups in total. The van der Waals surface area contributed by atoms with Crippen LogP contribution in [0.4, 0.5) is 0 Å². The van der Waals surface area contributed by atoms with Gasteiger partial charge >= 0.3 is 0 Å². The summed E-state index contributed by atoms with van der Waals surface area (Å²) in [6.45, 7) is 5.87. The quantitative estimate of drug-likeness (QED) is 0.778. The molecule has 0 bridgehead atoms. The van der Waals surface area contributed by atoms with Gasteiger partial charge < -0.3 is 10.2 Å². The number of thioether (sulfide) groups is 1. The molecule has 0 fully saturated rings. The number of aryl methyl sites for hydroxylation is 1. The number of hydrogen-bond donors (Lipinski definition) is 2. The van der Waals surface area contributed by atoms with Crippen LogP contribution in [0, 0.1) is 6.92 Å². The summed E-state index contributed by atoms with van der Waals surface area (Å²) < 4.78 is 0. The third-order valence-corrected chi connectivity index (χ3v) is 3.06. The lowest BCUT2D eigenvalue weighted by molar-refractivity contribution is 0.113. The normalized spacial score (nSPS) is 11.5. The topological polar surface area (TPSA) is 40.5 Å². The van der Waals surface area contributed by atoms with Crippen LogP contribution in [-0.4, -0.2) is 28.7 Å². The van der Waals surface area contributed by atoms with Gasteiger partial charge in [0.2, 0.25) is 0 Å². The van der Waals surface area contributed by atoms with E-state index in [0.717, 1.165) is 4.90 Å². The van der Waals surface area contributed by atoms with E-state index in [1.165, 1.54) is 5.56 Å². The van der Waals surface area contributed by atoms with Crippen molar-refractivity contribution >= 4 is 11.8 Å². The summed E-state index contributed by atoms with van der Waals surface area (Å²) >= 11 is 1.57. The molecule has 0 aliphatic heterocycles. The zero-order chi connectivity index (χ0) is 11.7. The lowest BCUT2D eigenvalue weighted by Crippen LogP contribution is -2.14. The van der Waals surface area contributed by atoms with Crippen molar-refractivity contribution in [2.24, 2.45) is 0 Å². The molecule has 0 aliphatic carbocycles. The van der Waals surface area contributed by atoms with E-state index < -0.39 is 6.10 Å². The van der Waals surface area contributed by atoms with Gasteiger partial charge in [-0.05, 0) is 18.6 Å². The minimum atomic E-state index is -0.621. The molecule has 86 valence electrons. The van der Waals surface area contributed by atoms with Crippen LogP contribution >= 0.6 is 11.8 Å². The molecular weight excluding hydrogens is 208 g/mol. The van der Waals surface area contributed by atoms with E-state index in [-0.39, 0.29) is 6.61 Å². The lowest BCUT2D eigenvalue weighted by atomic mass is 10.2. The van der Waals surface area contributed by atoms with Gasteiger partial charge in [-0.3, -0.25) is 0 Å². The monoisotopic (exact) mass is 228 g/mol. The predicted octanol–water partition coefficient (Wildman–Crippen LogP) is 2.47. The van der Waals surface area contributed by atoms with Gasteiger partial charge in [-0.15, -0.1) is 11.8 Å². The SMILES string of the molecule is CC.Cc1ccccc1SC[C@H](O)CO. The third-order valence-electron chi connectivity index (χ3n) is 1.74. The molecule has 0 saturated heterocycles. The van der Waals surface area contributed by atoms with Crippen LogP contribution < -0.4 is 0 Å². The molecule has 1 rings (SSSR count). The van der Waals surface area contributed by atoms with E-state index in [1.54, 1.807) is 11.8 Å². The van der Waals surface area contributed by atoms with Crippen molar-refractivity contribution in [2.75, 3.05) is 12.4 Å². The Morgan fingerprint density at radius 3 is 2.40 bits per heavy atom. The van der Waals surface area contributed by atoms with Crippen molar-refractivity contribution in [3.8, 4) is 0 Å². The van der Waals surface area contributed by atoms with Gasteiger partial charge in [0.1, 0.15) is 0 Å². The second-order valence-corrected chi connectivity index (χ2v) is 3.97. The molecule has 3 heteroatoms. The Balaban J connectivity index is 0.000000921. The van der Waals surface area contributed by atoms with Crippen molar-refractivity contribution in [1.82, 2.24) is 0 Å². The molecule has 0 saturated carbocycles. The highest BCUT2D eigenvalue weighted by molar-refractivity contribution is 7.99. The summed E-state index contributed by atoms with van der Waals surface area (Å²) in [7, 11) is 0. The maximum absolute atomic E-state index is 9.14. The largest absolute Gasteiger partial charge is 0.394 e. The summed E-state index contributed by atoms with van der Waals surface area (Å²) in [5, 5.41) is 17.8. The Kier molecular flexibility index (Phi) is 8.47. The van der Waals surface area contributed by atoms with Gasteiger partial charge in [-0.2, -0.15) is 0 Å². The number of hydrogen-bond acceptors (Lipinski definition) is 3. The highest BCUT2D eigenvalue weighted by atomic mass is 32.2. The summed E-state index contributed by atoms with van der Waals surface area (Å²) in [5.41, 5.74) is 1.21. The van der Waals surface area contributed by atoms with Gasteiger partial charge in [0.15, 0.2) is 0 Å². The van der Waals surface area contributed by atoms with E-state index in [0.29, 0.717) is 5.75 Å². The van der Waals surface area contributed by atoms with Crippen LogP contribution in [-0.2, 0) is 0 Å². The second kappa shape index (κ2) is 8.77. The predicted molar refractivity (Wildman–Crippen MR) is 66.3 cm³/mol. The molecule has 0 spiro atoms. The second-order valence-electron chi connectivity index (χ2n) is 2.91. The minimum absolute atomic E-state index is 0.168. The Labute approximate surface area is 96.3 Å². The standard InChI is InChI=1S/C10H14O2S.C2H6/c1-8-4-2-3-5-10(8)13-7-9(12)6-11;1-2/h2-5,9,11-12H,6-7H2,1H3;1-2H3/t9-;/m1./s1. The van der Waals surface area contributed by atoms with E-state index >= 15 is 0 Å². The number of aliphatic hydroxyl groups is 2. The van der Waals surface area contributed by atoms with E-state index in [1.807, 2.05) is 45.0 Å². The first-order valence-corrected chi connectivity index (χ1v) is 6.20. The van der Waals surface area contributed by atoms with Crippen molar-refractivity contribution in [2.45, 2.75) is 31.8 Å². The van der Waals surface area contributed by atoms with Crippen LogP contribution in [0.1, 0.15) is 19.4 Å². The Morgan fingerprint density at radius 2 is 1.87 bits per heavy atom. The zero-order valence-corrected chi connectivity index (χ0v) is 10.4. The van der Waals surface area contributed by atoms with E-state index in [9.17, 15) is 0 Å². The molecule has 0 aromatic heterocycles. The summed E-state index contributed by atoms with van der Waals surface area (Å²) in [5.74, 6) is 0.543. The molecule has 1 aromatic carbocycles. The van der Waals surface area contributed by atoms with Crippen LogP contribution in [0.25, 0.3) is 0 Å². The highest BCUT2D eigenvalue weighted by Crippen LogP contribution is 2.22. The molecule has 0 aliphatic rings. The van der Waals surface area contributed by atoms with E-state index in [4.69, 9.17) is 10.2 Å². The van der Waals surface area contributed by atoms with Crippen LogP contribution in [0.15, 0.2) is 29.2 Å². The lowest BCUT2D eigenvalue weighted by Gasteiger charge is -2.08. The smallest absolute Gasteiger partial charge is 0.0864 e. The summed E-state index contributed by atoms with van der Waals surface area (Å²) in [6, 6.07) is 8.01. The van der Waals surface area contributed by atoms with Crippen molar-refractivity contribution in [3.63, 3.8) is 0 Å². The van der Waals surface area contributed by atoms with Crippen molar-refractivity contribution < 1.29 is 10.2 Å². The van der Waals surface area contributed by atoms with Gasteiger partial charge in [0, 0.05) is 10.6 Å². The maximum atomic E-state index is 9.14. The molecule has 0 unspecified atom stereocenters. The number of aliphatic hydroxyl groups excluding tert-OH is 2. The summed E-state index contributed by atoms with van der Waals surface area (Å²) in [6.07, 6.45) is -0.621. The zero-order valence-electron chi connectivity index (χ0n) is 9.60. The molecular formula is C12H20O2S. The molecule has 0 radical (unpaired) electrons. The number of benzene rings is 1. The Bertz CT molecular complexity index is 264. The first-order chi connectivity index (χ1) is 7.24. The van der Waals surface area contributed by atoms with Crippen molar-refractivity contribution in [1.29, 1.82) is 0 Å². The van der Waals surface area contributed by atoms with Crippen LogP contribution in [0.2, 0.25) is 0 Å².